The van der Waals surface area contributed by atoms with Gasteiger partial charge in [-0.15, -0.1) is 0 Å². The zero-order chi connectivity index (χ0) is 24.1. The number of benzene rings is 2. The van der Waals surface area contributed by atoms with Crippen LogP contribution in [0.4, 0.5) is 32.0 Å². The van der Waals surface area contributed by atoms with Crippen LogP contribution in [0.25, 0.3) is 0 Å². The molecule has 174 valence electrons. The van der Waals surface area contributed by atoms with E-state index in [4.69, 9.17) is 4.74 Å². The number of carbonyl (C=O) groups excluding carboxylic acids is 1. The van der Waals surface area contributed by atoms with Gasteiger partial charge in [0.2, 0.25) is 5.91 Å². The molecule has 2 saturated heterocycles. The third-order valence-electron chi connectivity index (χ3n) is 5.95. The first-order valence-corrected chi connectivity index (χ1v) is 9.83. The van der Waals surface area contributed by atoms with Gasteiger partial charge in [0, 0.05) is 12.3 Å². The summed E-state index contributed by atoms with van der Waals surface area (Å²) in [5, 5.41) is 21.8. The van der Waals surface area contributed by atoms with E-state index in [1.54, 1.807) is 6.07 Å². The van der Waals surface area contributed by atoms with Crippen LogP contribution in [0.3, 0.4) is 0 Å². The molecular formula is C22H16F6N2O3. The number of carbonyl (C=O) groups is 1. The summed E-state index contributed by atoms with van der Waals surface area (Å²) < 4.78 is 84.5. The molecule has 2 aliphatic heterocycles. The Kier molecular flexibility index (Phi) is 5.62. The van der Waals surface area contributed by atoms with Gasteiger partial charge < -0.3 is 15.2 Å². The summed E-state index contributed by atoms with van der Waals surface area (Å²) in [6.45, 7) is 0. The highest BCUT2D eigenvalue weighted by Crippen LogP contribution is 2.50. The summed E-state index contributed by atoms with van der Waals surface area (Å²) in [5.74, 6) is -2.85. The first kappa shape index (κ1) is 23.1. The van der Waals surface area contributed by atoms with Crippen molar-refractivity contribution in [3.63, 3.8) is 0 Å². The van der Waals surface area contributed by atoms with Crippen LogP contribution in [0.2, 0.25) is 0 Å². The molecule has 2 aliphatic rings. The van der Waals surface area contributed by atoms with Gasteiger partial charge in [-0.2, -0.15) is 31.6 Å². The third kappa shape index (κ3) is 4.28. The normalized spacial score (nSPS) is 26.8. The van der Waals surface area contributed by atoms with Crippen LogP contribution in [0, 0.1) is 17.2 Å². The van der Waals surface area contributed by atoms with E-state index in [1.165, 1.54) is 12.1 Å². The number of rotatable bonds is 3. The maximum atomic E-state index is 13.2. The quantitative estimate of drug-likeness (QED) is 0.649. The zero-order valence-corrected chi connectivity index (χ0v) is 16.6. The molecule has 0 spiro atoms. The van der Waals surface area contributed by atoms with Gasteiger partial charge in [-0.1, -0.05) is 18.2 Å². The second-order valence-electron chi connectivity index (χ2n) is 7.98. The Morgan fingerprint density at radius 3 is 2.36 bits per heavy atom. The molecule has 2 heterocycles. The average molecular weight is 470 g/mol. The largest absolute Gasteiger partial charge is 0.416 e. The Morgan fingerprint density at radius 1 is 1.06 bits per heavy atom. The number of hydrogen-bond donors (Lipinski definition) is 2. The Bertz CT molecular complexity index is 1120. The van der Waals surface area contributed by atoms with Crippen molar-refractivity contribution in [2.24, 2.45) is 5.92 Å². The van der Waals surface area contributed by atoms with Crippen molar-refractivity contribution in [3.8, 4) is 6.07 Å². The fourth-order valence-electron chi connectivity index (χ4n) is 4.50. The highest BCUT2D eigenvalue weighted by molar-refractivity contribution is 5.95. The monoisotopic (exact) mass is 470 g/mol. The molecule has 5 nitrogen and oxygen atoms in total. The molecule has 4 rings (SSSR count). The summed E-state index contributed by atoms with van der Waals surface area (Å²) in [4.78, 5) is 13.1. The lowest BCUT2D eigenvalue weighted by molar-refractivity contribution is -0.138. The number of nitriles is 1. The summed E-state index contributed by atoms with van der Waals surface area (Å²) in [5.41, 5.74) is -2.49. The number of halogens is 6. The fraction of sp³-hybridized carbons (Fsp3) is 0.364. The number of fused-ring (bicyclic) bond motifs is 2. The van der Waals surface area contributed by atoms with E-state index < -0.39 is 59.5 Å². The minimum absolute atomic E-state index is 0.0475. The SMILES string of the molecule is N#Cc1ccc(C(F)(F)F)cc1NC(=O)C1C2C[C@H](O)[C@H](O2)C1c1cccc(C(F)(F)F)c1. The molecule has 2 fully saturated rings. The molecule has 2 aromatic rings. The van der Waals surface area contributed by atoms with Crippen LogP contribution in [-0.2, 0) is 21.9 Å². The third-order valence-corrected chi connectivity index (χ3v) is 5.95. The van der Waals surface area contributed by atoms with E-state index in [-0.39, 0.29) is 23.2 Å². The molecule has 5 atom stereocenters. The maximum Gasteiger partial charge on any atom is 0.416 e. The summed E-state index contributed by atoms with van der Waals surface area (Å²) >= 11 is 0. The van der Waals surface area contributed by atoms with Gasteiger partial charge in [-0.3, -0.25) is 4.79 Å². The molecule has 11 heteroatoms. The molecule has 0 aromatic heterocycles. The minimum Gasteiger partial charge on any atom is -0.390 e. The average Bonchev–Trinajstić information content (AvgIpc) is 3.29. The van der Waals surface area contributed by atoms with Crippen molar-refractivity contribution in [1.29, 1.82) is 5.26 Å². The summed E-state index contributed by atoms with van der Waals surface area (Å²) in [6, 6.07) is 8.23. The summed E-state index contributed by atoms with van der Waals surface area (Å²) in [6.07, 6.45) is -12.1. The number of nitrogens with zero attached hydrogens (tertiary/aromatic N) is 1. The van der Waals surface area contributed by atoms with Crippen molar-refractivity contribution in [2.75, 3.05) is 5.32 Å². The molecule has 1 amide bonds. The Morgan fingerprint density at radius 2 is 1.73 bits per heavy atom. The van der Waals surface area contributed by atoms with Gasteiger partial charge in [0.15, 0.2) is 0 Å². The van der Waals surface area contributed by atoms with Gasteiger partial charge in [0.25, 0.3) is 0 Å². The topological polar surface area (TPSA) is 82.4 Å². The van der Waals surface area contributed by atoms with Gasteiger partial charge >= 0.3 is 12.4 Å². The van der Waals surface area contributed by atoms with E-state index in [0.29, 0.717) is 12.1 Å². The van der Waals surface area contributed by atoms with Crippen LogP contribution in [0.15, 0.2) is 42.5 Å². The minimum atomic E-state index is -4.71. The standard InChI is InChI=1S/C22H16F6N2O3/c23-21(24,25)12-3-1-2-10(6-12)17-18(16-8-15(31)19(17)33-16)20(32)30-14-7-13(22(26,27)28)5-4-11(14)9-29/h1-7,15-19,31H,8H2,(H,30,32)/t15-,16?,17?,18?,19-/m0/s1. The smallest absolute Gasteiger partial charge is 0.390 e. The van der Waals surface area contributed by atoms with Gasteiger partial charge in [-0.05, 0) is 29.8 Å². The van der Waals surface area contributed by atoms with Gasteiger partial charge in [0.05, 0.1) is 46.6 Å². The Balaban J connectivity index is 1.68. The van der Waals surface area contributed by atoms with Crippen molar-refractivity contribution in [1.82, 2.24) is 0 Å². The van der Waals surface area contributed by atoms with Crippen LogP contribution in [-0.4, -0.2) is 29.3 Å². The fourth-order valence-corrected chi connectivity index (χ4v) is 4.50. The number of ether oxygens (including phenoxy) is 1. The van der Waals surface area contributed by atoms with Crippen LogP contribution in [0.5, 0.6) is 0 Å². The van der Waals surface area contributed by atoms with Crippen LogP contribution in [0.1, 0.15) is 34.6 Å². The second-order valence-corrected chi connectivity index (χ2v) is 7.98. The lowest BCUT2D eigenvalue weighted by Gasteiger charge is -2.30. The molecule has 2 N–H and O–H groups in total. The highest BCUT2D eigenvalue weighted by Gasteiger charge is 2.57. The first-order chi connectivity index (χ1) is 15.4. The van der Waals surface area contributed by atoms with Crippen LogP contribution < -0.4 is 5.32 Å². The molecule has 0 aliphatic carbocycles. The number of amides is 1. The zero-order valence-electron chi connectivity index (χ0n) is 16.6. The molecule has 33 heavy (non-hydrogen) atoms. The number of hydrogen-bond acceptors (Lipinski definition) is 4. The first-order valence-electron chi connectivity index (χ1n) is 9.83. The molecule has 2 bridgehead atoms. The predicted octanol–water partition coefficient (Wildman–Crippen LogP) is 4.47. The number of nitrogens with one attached hydrogen (secondary N) is 1. The van der Waals surface area contributed by atoms with Crippen molar-refractivity contribution >= 4 is 11.6 Å². The van der Waals surface area contributed by atoms with E-state index in [9.17, 15) is 41.5 Å². The number of aliphatic hydroxyl groups is 1. The van der Waals surface area contributed by atoms with Crippen molar-refractivity contribution in [2.45, 2.75) is 43.0 Å². The molecule has 0 saturated carbocycles. The van der Waals surface area contributed by atoms with Crippen molar-refractivity contribution < 1.29 is 41.0 Å². The number of alkyl halides is 6. The van der Waals surface area contributed by atoms with E-state index >= 15 is 0 Å². The van der Waals surface area contributed by atoms with E-state index in [2.05, 4.69) is 5.32 Å². The number of aliphatic hydroxyl groups excluding tert-OH is 1. The van der Waals surface area contributed by atoms with Crippen LogP contribution >= 0.6 is 0 Å². The predicted molar refractivity (Wildman–Crippen MR) is 102 cm³/mol. The Hall–Kier alpha value is -3.10. The second kappa shape index (κ2) is 8.04. The molecule has 3 unspecified atom stereocenters. The maximum absolute atomic E-state index is 13.2. The van der Waals surface area contributed by atoms with Gasteiger partial charge in [0.1, 0.15) is 6.07 Å². The van der Waals surface area contributed by atoms with Gasteiger partial charge in [-0.25, -0.2) is 0 Å². The lowest BCUT2D eigenvalue weighted by atomic mass is 9.73. The molecular weight excluding hydrogens is 454 g/mol. The lowest BCUT2D eigenvalue weighted by Crippen LogP contribution is -2.41. The molecule has 2 aromatic carbocycles. The number of anilines is 1. The highest BCUT2D eigenvalue weighted by atomic mass is 19.4. The van der Waals surface area contributed by atoms with E-state index in [1.807, 2.05) is 0 Å². The molecule has 0 radical (unpaired) electrons. The summed E-state index contributed by atoms with van der Waals surface area (Å²) in [7, 11) is 0. The van der Waals surface area contributed by atoms with E-state index in [0.717, 1.165) is 18.2 Å². The Labute approximate surface area is 183 Å². The van der Waals surface area contributed by atoms with Crippen molar-refractivity contribution in [3.05, 3.63) is 64.7 Å².